The van der Waals surface area contributed by atoms with Gasteiger partial charge in [-0.05, 0) is 48.9 Å². The van der Waals surface area contributed by atoms with E-state index in [1.807, 2.05) is 34.9 Å². The molecule has 1 amide bonds. The quantitative estimate of drug-likeness (QED) is 0.483. The number of rotatable bonds is 4. The van der Waals surface area contributed by atoms with Gasteiger partial charge in [-0.3, -0.25) is 4.79 Å². The van der Waals surface area contributed by atoms with Gasteiger partial charge in [0.05, 0.1) is 10.6 Å². The molecular formula is C21H16ClN3OS. The van der Waals surface area contributed by atoms with E-state index >= 15 is 0 Å². The summed E-state index contributed by atoms with van der Waals surface area (Å²) in [5.74, 6) is -0.224. The van der Waals surface area contributed by atoms with E-state index in [-0.39, 0.29) is 5.91 Å². The molecule has 0 spiro atoms. The van der Waals surface area contributed by atoms with Gasteiger partial charge in [-0.15, -0.1) is 0 Å². The molecule has 0 unspecified atom stereocenters. The van der Waals surface area contributed by atoms with Crippen molar-refractivity contribution in [1.82, 2.24) is 9.38 Å². The molecule has 0 saturated carbocycles. The number of pyridine rings is 1. The van der Waals surface area contributed by atoms with E-state index in [1.165, 1.54) is 0 Å². The first-order chi connectivity index (χ1) is 13.1. The molecule has 0 aliphatic carbocycles. The number of hydrogen-bond acceptors (Lipinski definition) is 3. The third-order valence-corrected chi connectivity index (χ3v) is 5.60. The number of aryl methyl sites for hydroxylation is 1. The van der Waals surface area contributed by atoms with E-state index in [2.05, 4.69) is 29.5 Å². The van der Waals surface area contributed by atoms with Gasteiger partial charge < -0.3 is 9.72 Å². The number of imidazole rings is 1. The van der Waals surface area contributed by atoms with Gasteiger partial charge in [0, 0.05) is 34.1 Å². The van der Waals surface area contributed by atoms with Crippen molar-refractivity contribution in [1.29, 1.82) is 0 Å². The van der Waals surface area contributed by atoms with E-state index in [0.29, 0.717) is 10.6 Å². The van der Waals surface area contributed by atoms with Crippen LogP contribution in [-0.4, -0.2) is 15.3 Å². The molecule has 134 valence electrons. The standard InChI is InChI=1S/C21H16ClN3OS/c1-14-13-25-10-9-23-20(25)12-19(14)27-16-6-4-5-15(11-16)24-21(26)17-7-2-3-8-18(17)22/h2-13H,1H3,(H,24,26). The van der Waals surface area contributed by atoms with E-state index in [0.717, 1.165) is 26.7 Å². The Hall–Kier alpha value is -2.76. The highest BCUT2D eigenvalue weighted by Crippen LogP contribution is 2.32. The van der Waals surface area contributed by atoms with Gasteiger partial charge in [0.2, 0.25) is 0 Å². The van der Waals surface area contributed by atoms with Gasteiger partial charge in [-0.1, -0.05) is 41.6 Å². The molecule has 0 fully saturated rings. The molecule has 2 heterocycles. The molecule has 0 bridgehead atoms. The Morgan fingerprint density at radius 3 is 2.85 bits per heavy atom. The van der Waals surface area contributed by atoms with Crippen LogP contribution in [0.1, 0.15) is 15.9 Å². The van der Waals surface area contributed by atoms with Gasteiger partial charge in [-0.2, -0.15) is 0 Å². The highest BCUT2D eigenvalue weighted by molar-refractivity contribution is 7.99. The zero-order valence-corrected chi connectivity index (χ0v) is 16.1. The topological polar surface area (TPSA) is 46.4 Å². The summed E-state index contributed by atoms with van der Waals surface area (Å²) in [5.41, 5.74) is 3.25. The predicted octanol–water partition coefficient (Wildman–Crippen LogP) is 5.70. The van der Waals surface area contributed by atoms with Crippen LogP contribution in [0.3, 0.4) is 0 Å². The van der Waals surface area contributed by atoms with Crippen LogP contribution in [0.5, 0.6) is 0 Å². The van der Waals surface area contributed by atoms with Crippen LogP contribution in [0, 0.1) is 6.92 Å². The number of anilines is 1. The molecule has 0 radical (unpaired) electrons. The Morgan fingerprint density at radius 2 is 2.00 bits per heavy atom. The molecule has 0 aliphatic rings. The second-order valence-corrected chi connectivity index (χ2v) is 7.60. The molecule has 27 heavy (non-hydrogen) atoms. The number of amides is 1. The van der Waals surface area contributed by atoms with Crippen molar-refractivity contribution in [2.75, 3.05) is 5.32 Å². The Morgan fingerprint density at radius 1 is 1.15 bits per heavy atom. The van der Waals surface area contributed by atoms with Gasteiger partial charge in [0.15, 0.2) is 0 Å². The molecule has 0 atom stereocenters. The lowest BCUT2D eigenvalue weighted by atomic mass is 10.2. The highest BCUT2D eigenvalue weighted by Gasteiger charge is 2.11. The van der Waals surface area contributed by atoms with Crippen LogP contribution >= 0.6 is 23.4 Å². The van der Waals surface area contributed by atoms with Crippen molar-refractivity contribution in [3.8, 4) is 0 Å². The summed E-state index contributed by atoms with van der Waals surface area (Å²) in [6, 6.07) is 16.8. The van der Waals surface area contributed by atoms with Crippen molar-refractivity contribution in [2.45, 2.75) is 16.7 Å². The van der Waals surface area contributed by atoms with Crippen LogP contribution in [0.2, 0.25) is 5.02 Å². The minimum atomic E-state index is -0.224. The Balaban J connectivity index is 1.56. The fourth-order valence-corrected chi connectivity index (χ4v) is 3.95. The average Bonchev–Trinajstić information content (AvgIpc) is 3.09. The van der Waals surface area contributed by atoms with Gasteiger partial charge >= 0.3 is 0 Å². The SMILES string of the molecule is Cc1cn2ccnc2cc1Sc1cccc(NC(=O)c2ccccc2Cl)c1. The molecule has 0 aliphatic heterocycles. The lowest BCUT2D eigenvalue weighted by Crippen LogP contribution is -2.12. The number of carbonyl (C=O) groups excluding carboxylic acids is 1. The maximum atomic E-state index is 12.5. The fraction of sp³-hybridized carbons (Fsp3) is 0.0476. The lowest BCUT2D eigenvalue weighted by molar-refractivity contribution is 0.102. The zero-order chi connectivity index (χ0) is 18.8. The normalized spacial score (nSPS) is 10.9. The number of carbonyl (C=O) groups is 1. The fourth-order valence-electron chi connectivity index (χ4n) is 2.77. The van der Waals surface area contributed by atoms with Crippen LogP contribution in [-0.2, 0) is 0 Å². The summed E-state index contributed by atoms with van der Waals surface area (Å²) in [4.78, 5) is 19.0. The smallest absolute Gasteiger partial charge is 0.257 e. The number of benzene rings is 2. The average molecular weight is 394 g/mol. The van der Waals surface area contributed by atoms with Crippen LogP contribution in [0.25, 0.3) is 5.65 Å². The third-order valence-electron chi connectivity index (χ3n) is 4.12. The van der Waals surface area contributed by atoms with E-state index in [4.69, 9.17) is 11.6 Å². The Kier molecular flexibility index (Phi) is 4.88. The van der Waals surface area contributed by atoms with Crippen molar-refractivity contribution in [3.63, 3.8) is 0 Å². The van der Waals surface area contributed by atoms with Gasteiger partial charge in [0.1, 0.15) is 5.65 Å². The first kappa shape index (κ1) is 17.6. The minimum Gasteiger partial charge on any atom is -0.322 e. The monoisotopic (exact) mass is 393 g/mol. The second-order valence-electron chi connectivity index (χ2n) is 6.08. The number of nitrogens with one attached hydrogen (secondary N) is 1. The molecular weight excluding hydrogens is 378 g/mol. The molecule has 2 aromatic heterocycles. The van der Waals surface area contributed by atoms with Crippen molar-refractivity contribution in [3.05, 3.63) is 89.3 Å². The molecule has 2 aromatic carbocycles. The molecule has 6 heteroatoms. The summed E-state index contributed by atoms with van der Waals surface area (Å²) in [5, 5.41) is 3.35. The summed E-state index contributed by atoms with van der Waals surface area (Å²) < 4.78 is 2.00. The summed E-state index contributed by atoms with van der Waals surface area (Å²) in [6.07, 6.45) is 5.78. The van der Waals surface area contributed by atoms with Crippen molar-refractivity contribution >= 4 is 40.6 Å². The minimum absolute atomic E-state index is 0.224. The highest BCUT2D eigenvalue weighted by atomic mass is 35.5. The van der Waals surface area contributed by atoms with Gasteiger partial charge in [0.25, 0.3) is 5.91 Å². The van der Waals surface area contributed by atoms with E-state index in [1.54, 1.807) is 42.2 Å². The maximum absolute atomic E-state index is 12.5. The molecule has 1 N–H and O–H groups in total. The molecule has 4 nitrogen and oxygen atoms in total. The summed E-state index contributed by atoms with van der Waals surface area (Å²) in [7, 11) is 0. The number of nitrogens with zero attached hydrogens (tertiary/aromatic N) is 2. The first-order valence-corrected chi connectivity index (χ1v) is 9.57. The van der Waals surface area contributed by atoms with E-state index in [9.17, 15) is 4.79 Å². The van der Waals surface area contributed by atoms with Crippen LogP contribution in [0.4, 0.5) is 5.69 Å². The number of hydrogen-bond donors (Lipinski definition) is 1. The van der Waals surface area contributed by atoms with Crippen LogP contribution in [0.15, 0.2) is 83.0 Å². The largest absolute Gasteiger partial charge is 0.322 e. The molecule has 4 aromatic rings. The number of fused-ring (bicyclic) bond motifs is 1. The van der Waals surface area contributed by atoms with E-state index < -0.39 is 0 Å². The van der Waals surface area contributed by atoms with Crippen molar-refractivity contribution < 1.29 is 4.79 Å². The zero-order valence-electron chi connectivity index (χ0n) is 14.5. The number of halogens is 1. The maximum Gasteiger partial charge on any atom is 0.257 e. The predicted molar refractivity (Wildman–Crippen MR) is 110 cm³/mol. The first-order valence-electron chi connectivity index (χ1n) is 8.37. The van der Waals surface area contributed by atoms with Crippen molar-refractivity contribution in [2.24, 2.45) is 0 Å². The summed E-state index contributed by atoms with van der Waals surface area (Å²) in [6.45, 7) is 2.07. The summed E-state index contributed by atoms with van der Waals surface area (Å²) >= 11 is 7.75. The second kappa shape index (κ2) is 7.47. The van der Waals surface area contributed by atoms with Gasteiger partial charge in [-0.25, -0.2) is 4.98 Å². The lowest BCUT2D eigenvalue weighted by Gasteiger charge is -2.10. The molecule has 0 saturated heterocycles. The molecule has 4 rings (SSSR count). The Labute approximate surface area is 166 Å². The van der Waals surface area contributed by atoms with Crippen LogP contribution < -0.4 is 5.32 Å². The Bertz CT molecular complexity index is 1140. The number of aromatic nitrogens is 2. The third kappa shape index (κ3) is 3.84.